The number of carbonyl (C=O) groups is 2. The van der Waals surface area contributed by atoms with Gasteiger partial charge in [0.25, 0.3) is 0 Å². The van der Waals surface area contributed by atoms with Gasteiger partial charge in [0.1, 0.15) is 11.9 Å². The van der Waals surface area contributed by atoms with Crippen molar-refractivity contribution in [1.29, 1.82) is 0 Å². The standard InChI is InChI=1S/C18H28N2O3/c1-12(2)15-11-18(3,4)20-19-16(17(22)23-15)13-9-7-5-6-8-10-14(13)21/h7,9,12-13,15-16H,5-6,8,10-11H2,1-4H3/b9-7-,20-19?/t13?,15-,16?/m1/s1. The van der Waals surface area contributed by atoms with Crippen LogP contribution >= 0.6 is 0 Å². The van der Waals surface area contributed by atoms with Gasteiger partial charge in [-0.25, -0.2) is 4.79 Å². The Bertz CT molecular complexity index is 508. The molecular formula is C18H28N2O3. The third kappa shape index (κ3) is 4.72. The van der Waals surface area contributed by atoms with Crippen molar-refractivity contribution in [2.24, 2.45) is 22.1 Å². The zero-order valence-electron chi connectivity index (χ0n) is 14.6. The highest BCUT2D eigenvalue weighted by Gasteiger charge is 2.39. The number of hydrogen-bond acceptors (Lipinski definition) is 5. The lowest BCUT2D eigenvalue weighted by Crippen LogP contribution is -2.41. The molecular weight excluding hydrogens is 292 g/mol. The Labute approximate surface area is 138 Å². The zero-order chi connectivity index (χ0) is 17.0. The first kappa shape index (κ1) is 17.8. The minimum absolute atomic E-state index is 0.0568. The van der Waals surface area contributed by atoms with Crippen molar-refractivity contribution in [3.05, 3.63) is 12.2 Å². The number of azo groups is 1. The molecule has 2 unspecified atom stereocenters. The van der Waals surface area contributed by atoms with Crippen LogP contribution in [-0.2, 0) is 14.3 Å². The van der Waals surface area contributed by atoms with Crippen LogP contribution in [0.4, 0.5) is 0 Å². The molecule has 23 heavy (non-hydrogen) atoms. The molecule has 0 aromatic rings. The second kappa shape index (κ2) is 7.37. The Hall–Kier alpha value is -1.52. The van der Waals surface area contributed by atoms with Crippen LogP contribution in [0.3, 0.4) is 0 Å². The van der Waals surface area contributed by atoms with Crippen molar-refractivity contribution in [2.75, 3.05) is 0 Å². The van der Waals surface area contributed by atoms with Gasteiger partial charge in [-0.1, -0.05) is 26.0 Å². The van der Waals surface area contributed by atoms with Gasteiger partial charge in [-0.2, -0.15) is 10.2 Å². The van der Waals surface area contributed by atoms with Crippen molar-refractivity contribution in [1.82, 2.24) is 0 Å². The number of carbonyl (C=O) groups excluding carboxylic acids is 2. The number of allylic oxidation sites excluding steroid dienone is 1. The molecule has 3 atom stereocenters. The quantitative estimate of drug-likeness (QED) is 0.573. The summed E-state index contributed by atoms with van der Waals surface area (Å²) in [5, 5.41) is 8.62. The number of ketones is 1. The molecule has 2 aliphatic rings. The molecule has 0 N–H and O–H groups in total. The Morgan fingerprint density at radius 2 is 2.00 bits per heavy atom. The number of ether oxygens (including phenoxy) is 1. The van der Waals surface area contributed by atoms with Gasteiger partial charge in [0.05, 0.1) is 11.5 Å². The second-order valence-electron chi connectivity index (χ2n) is 7.56. The number of cyclic esters (lactones) is 1. The average molecular weight is 320 g/mol. The van der Waals surface area contributed by atoms with Crippen LogP contribution in [0, 0.1) is 11.8 Å². The Morgan fingerprint density at radius 3 is 2.70 bits per heavy atom. The Balaban J connectivity index is 2.31. The summed E-state index contributed by atoms with van der Waals surface area (Å²) in [5.74, 6) is -0.711. The van der Waals surface area contributed by atoms with E-state index in [1.807, 2.05) is 39.8 Å². The maximum Gasteiger partial charge on any atom is 0.334 e. The SMILES string of the molecule is CC(C)[C@H]1CC(C)(C)N=NC(C2/C=C\CCCCC2=O)C(=O)O1. The van der Waals surface area contributed by atoms with Crippen molar-refractivity contribution < 1.29 is 14.3 Å². The summed E-state index contributed by atoms with van der Waals surface area (Å²) < 4.78 is 5.70. The van der Waals surface area contributed by atoms with Gasteiger partial charge < -0.3 is 4.74 Å². The molecule has 0 aromatic carbocycles. The van der Waals surface area contributed by atoms with Crippen LogP contribution in [0.1, 0.15) is 59.8 Å². The lowest BCUT2D eigenvalue weighted by Gasteiger charge is -2.32. The molecule has 0 radical (unpaired) electrons. The molecule has 0 aromatic heterocycles. The maximum atomic E-state index is 12.6. The molecule has 128 valence electrons. The number of rotatable bonds is 2. The summed E-state index contributed by atoms with van der Waals surface area (Å²) in [4.78, 5) is 25.0. The Kier molecular flexibility index (Phi) is 5.71. The van der Waals surface area contributed by atoms with Gasteiger partial charge in [-0.15, -0.1) is 0 Å². The predicted octanol–water partition coefficient (Wildman–Crippen LogP) is 3.87. The Morgan fingerprint density at radius 1 is 1.26 bits per heavy atom. The maximum absolute atomic E-state index is 12.6. The molecule has 0 bridgehead atoms. The van der Waals surface area contributed by atoms with E-state index in [4.69, 9.17) is 4.74 Å². The fourth-order valence-electron chi connectivity index (χ4n) is 3.01. The lowest BCUT2D eigenvalue weighted by molar-refractivity contribution is -0.157. The van der Waals surface area contributed by atoms with E-state index in [1.165, 1.54) is 0 Å². The molecule has 1 aliphatic carbocycles. The molecule has 1 aliphatic heterocycles. The van der Waals surface area contributed by atoms with Crippen LogP contribution in [0.25, 0.3) is 0 Å². The van der Waals surface area contributed by atoms with Crippen molar-refractivity contribution in [3.8, 4) is 0 Å². The van der Waals surface area contributed by atoms with Gasteiger partial charge in [0, 0.05) is 12.8 Å². The summed E-state index contributed by atoms with van der Waals surface area (Å²) in [6.45, 7) is 8.03. The normalized spacial score (nSPS) is 33.3. The lowest BCUT2D eigenvalue weighted by atomic mass is 9.88. The minimum atomic E-state index is -0.849. The smallest absolute Gasteiger partial charge is 0.334 e. The summed E-state index contributed by atoms with van der Waals surface area (Å²) >= 11 is 0. The summed E-state index contributed by atoms with van der Waals surface area (Å²) in [6, 6.07) is -0.849. The molecule has 0 fully saturated rings. The minimum Gasteiger partial charge on any atom is -0.460 e. The fourth-order valence-corrected chi connectivity index (χ4v) is 3.01. The van der Waals surface area contributed by atoms with Gasteiger partial charge in [-0.05, 0) is 39.0 Å². The second-order valence-corrected chi connectivity index (χ2v) is 7.56. The fraction of sp³-hybridized carbons (Fsp3) is 0.778. The van der Waals surface area contributed by atoms with E-state index in [-0.39, 0.29) is 17.8 Å². The van der Waals surface area contributed by atoms with Crippen molar-refractivity contribution in [3.63, 3.8) is 0 Å². The first-order valence-corrected chi connectivity index (χ1v) is 8.62. The summed E-state index contributed by atoms with van der Waals surface area (Å²) in [5.41, 5.74) is -0.401. The molecule has 5 nitrogen and oxygen atoms in total. The number of Topliss-reactive ketones (excluding diaryl/α,β-unsaturated/α-hetero) is 1. The molecule has 1 heterocycles. The van der Waals surface area contributed by atoms with Crippen molar-refractivity contribution in [2.45, 2.75) is 77.5 Å². The first-order valence-electron chi connectivity index (χ1n) is 8.62. The summed E-state index contributed by atoms with van der Waals surface area (Å²) in [7, 11) is 0. The first-order chi connectivity index (χ1) is 10.8. The van der Waals surface area contributed by atoms with Crippen LogP contribution in [0.2, 0.25) is 0 Å². The summed E-state index contributed by atoms with van der Waals surface area (Å²) in [6.07, 6.45) is 7.54. The van der Waals surface area contributed by atoms with Gasteiger partial charge >= 0.3 is 5.97 Å². The van der Waals surface area contributed by atoms with E-state index in [0.717, 1.165) is 19.3 Å². The van der Waals surface area contributed by atoms with Crippen LogP contribution in [-0.4, -0.2) is 29.4 Å². The number of nitrogens with zero attached hydrogens (tertiary/aromatic N) is 2. The molecule has 0 amide bonds. The third-order valence-corrected chi connectivity index (χ3v) is 4.51. The van der Waals surface area contributed by atoms with Crippen molar-refractivity contribution >= 4 is 11.8 Å². The topological polar surface area (TPSA) is 68.1 Å². The van der Waals surface area contributed by atoms with Crippen LogP contribution in [0.5, 0.6) is 0 Å². The van der Waals surface area contributed by atoms with Gasteiger partial charge in [0.15, 0.2) is 6.04 Å². The van der Waals surface area contributed by atoms with E-state index < -0.39 is 23.5 Å². The van der Waals surface area contributed by atoms with Crippen LogP contribution < -0.4 is 0 Å². The molecule has 0 saturated heterocycles. The molecule has 0 saturated carbocycles. The van der Waals surface area contributed by atoms with Crippen LogP contribution in [0.15, 0.2) is 22.4 Å². The number of esters is 1. The predicted molar refractivity (Wildman–Crippen MR) is 88.2 cm³/mol. The van der Waals surface area contributed by atoms with Gasteiger partial charge in [0.2, 0.25) is 0 Å². The third-order valence-electron chi connectivity index (χ3n) is 4.51. The molecule has 2 rings (SSSR count). The zero-order valence-corrected chi connectivity index (χ0v) is 14.6. The monoisotopic (exact) mass is 320 g/mol. The largest absolute Gasteiger partial charge is 0.460 e. The molecule has 0 spiro atoms. The number of hydrogen-bond donors (Lipinski definition) is 0. The van der Waals surface area contributed by atoms with E-state index in [0.29, 0.717) is 12.8 Å². The average Bonchev–Trinajstić information content (AvgIpc) is 2.43. The van der Waals surface area contributed by atoms with E-state index in [2.05, 4.69) is 10.2 Å². The molecule has 5 heteroatoms. The highest BCUT2D eigenvalue weighted by molar-refractivity contribution is 5.90. The highest BCUT2D eigenvalue weighted by Crippen LogP contribution is 2.29. The van der Waals surface area contributed by atoms with Gasteiger partial charge in [-0.3, -0.25) is 4.79 Å². The highest BCUT2D eigenvalue weighted by atomic mass is 16.5. The van der Waals surface area contributed by atoms with E-state index in [1.54, 1.807) is 0 Å². The van der Waals surface area contributed by atoms with E-state index in [9.17, 15) is 9.59 Å². The van der Waals surface area contributed by atoms with E-state index >= 15 is 0 Å².